The number of benzene rings is 2. The number of hydrogen-bond donors (Lipinski definition) is 3. The number of aliphatic carboxylic acids is 3. The second-order valence-electron chi connectivity index (χ2n) is 11.3. The fourth-order valence-electron chi connectivity index (χ4n) is 6.22. The molecule has 0 saturated carbocycles. The Balaban J connectivity index is 1.51. The van der Waals surface area contributed by atoms with Gasteiger partial charge < -0.3 is 43.7 Å². The van der Waals surface area contributed by atoms with Crippen LogP contribution in [0.3, 0.4) is 0 Å². The van der Waals surface area contributed by atoms with Crippen LogP contribution < -0.4 is 18.9 Å². The highest BCUT2D eigenvalue weighted by Gasteiger charge is 2.45. The number of methoxy groups -OCH3 is 3. The van der Waals surface area contributed by atoms with E-state index in [0.29, 0.717) is 30.1 Å². The van der Waals surface area contributed by atoms with Crippen LogP contribution in [0.25, 0.3) is 0 Å². The van der Waals surface area contributed by atoms with E-state index in [1.165, 1.54) is 7.11 Å². The molecule has 6 atom stereocenters. The molecular formula is C32H38O13. The van der Waals surface area contributed by atoms with E-state index < -0.39 is 60.7 Å². The summed E-state index contributed by atoms with van der Waals surface area (Å²) in [5, 5.41) is 28.4. The monoisotopic (exact) mass is 630 g/mol. The van der Waals surface area contributed by atoms with Crippen LogP contribution in [0.15, 0.2) is 36.4 Å². The number of carbonyl (C=O) groups excluding carboxylic acids is 1. The fourth-order valence-corrected chi connectivity index (χ4v) is 6.22. The molecule has 13 heteroatoms. The molecule has 2 heterocycles. The number of carbonyl (C=O) groups is 4. The van der Waals surface area contributed by atoms with Crippen molar-refractivity contribution in [1.82, 2.24) is 0 Å². The van der Waals surface area contributed by atoms with Gasteiger partial charge in [0.2, 0.25) is 6.29 Å². The van der Waals surface area contributed by atoms with Crippen molar-refractivity contribution >= 4 is 23.9 Å². The van der Waals surface area contributed by atoms with Crippen molar-refractivity contribution in [2.24, 2.45) is 29.6 Å². The van der Waals surface area contributed by atoms with Crippen LogP contribution in [-0.2, 0) is 41.5 Å². The van der Waals surface area contributed by atoms with Crippen LogP contribution in [0.2, 0.25) is 0 Å². The van der Waals surface area contributed by atoms with Gasteiger partial charge in [-0.15, -0.1) is 0 Å². The Kier molecular flexibility index (Phi) is 11.1. The first kappa shape index (κ1) is 33.4. The first-order valence-corrected chi connectivity index (χ1v) is 14.5. The first-order valence-electron chi connectivity index (χ1n) is 14.5. The van der Waals surface area contributed by atoms with Crippen molar-refractivity contribution < 1.29 is 62.9 Å². The summed E-state index contributed by atoms with van der Waals surface area (Å²) < 4.78 is 33.6. The average molecular weight is 631 g/mol. The molecule has 2 aliphatic heterocycles. The molecule has 0 amide bonds. The van der Waals surface area contributed by atoms with E-state index in [1.807, 2.05) is 18.2 Å². The third kappa shape index (κ3) is 8.35. The number of rotatable bonds is 15. The minimum absolute atomic E-state index is 0.0881. The minimum atomic E-state index is -1.20. The Hall–Kier alpha value is -4.52. The second-order valence-corrected chi connectivity index (χ2v) is 11.3. The molecule has 13 nitrogen and oxygen atoms in total. The van der Waals surface area contributed by atoms with Gasteiger partial charge in [-0.2, -0.15) is 0 Å². The first-order chi connectivity index (χ1) is 21.5. The van der Waals surface area contributed by atoms with Crippen molar-refractivity contribution in [1.29, 1.82) is 0 Å². The van der Waals surface area contributed by atoms with Crippen LogP contribution in [0.1, 0.15) is 30.4 Å². The Labute approximate surface area is 259 Å². The predicted octanol–water partition coefficient (Wildman–Crippen LogP) is 3.29. The van der Waals surface area contributed by atoms with E-state index in [4.69, 9.17) is 28.4 Å². The summed E-state index contributed by atoms with van der Waals surface area (Å²) >= 11 is 0. The maximum Gasteiger partial charge on any atom is 0.309 e. The molecule has 2 aliphatic rings. The Bertz CT molecular complexity index is 1390. The molecule has 2 fully saturated rings. The van der Waals surface area contributed by atoms with Gasteiger partial charge >= 0.3 is 23.9 Å². The van der Waals surface area contributed by atoms with Gasteiger partial charge in [-0.25, -0.2) is 0 Å². The van der Waals surface area contributed by atoms with E-state index in [-0.39, 0.29) is 37.3 Å². The molecule has 3 N–H and O–H groups in total. The molecular weight excluding hydrogens is 592 g/mol. The van der Waals surface area contributed by atoms with Gasteiger partial charge in [0.15, 0.2) is 23.0 Å². The lowest BCUT2D eigenvalue weighted by molar-refractivity contribution is -0.195. The highest BCUT2D eigenvalue weighted by Crippen LogP contribution is 2.41. The second kappa shape index (κ2) is 15.0. The fraction of sp³-hybridized carbons (Fsp3) is 0.500. The molecule has 0 bridgehead atoms. The zero-order valence-corrected chi connectivity index (χ0v) is 25.3. The molecule has 0 aliphatic carbocycles. The highest BCUT2D eigenvalue weighted by atomic mass is 16.7. The van der Waals surface area contributed by atoms with Crippen LogP contribution in [-0.4, -0.2) is 80.0 Å². The number of ether oxygens (including phenoxy) is 6. The average Bonchev–Trinajstić information content (AvgIpc) is 3.33. The molecule has 2 aromatic rings. The van der Waals surface area contributed by atoms with E-state index in [0.717, 1.165) is 11.1 Å². The molecule has 45 heavy (non-hydrogen) atoms. The van der Waals surface area contributed by atoms with Crippen molar-refractivity contribution in [3.8, 4) is 23.0 Å². The minimum Gasteiger partial charge on any atom is -0.493 e. The lowest BCUT2D eigenvalue weighted by atomic mass is 9.74. The summed E-state index contributed by atoms with van der Waals surface area (Å²) in [5.41, 5.74) is 1.75. The molecule has 0 radical (unpaired) electrons. The normalized spacial score (nSPS) is 24.4. The van der Waals surface area contributed by atoms with Gasteiger partial charge in [0.25, 0.3) is 0 Å². The van der Waals surface area contributed by atoms with Gasteiger partial charge in [0.05, 0.1) is 53.3 Å². The molecule has 244 valence electrons. The van der Waals surface area contributed by atoms with Gasteiger partial charge in [-0.05, 0) is 60.1 Å². The lowest BCUT2D eigenvalue weighted by Gasteiger charge is -2.41. The predicted molar refractivity (Wildman–Crippen MR) is 155 cm³/mol. The van der Waals surface area contributed by atoms with Crippen molar-refractivity contribution in [2.45, 2.75) is 38.4 Å². The number of hydrogen-bond acceptors (Lipinski definition) is 10. The van der Waals surface area contributed by atoms with Crippen LogP contribution in [0, 0.1) is 29.6 Å². The molecule has 0 spiro atoms. The topological polar surface area (TPSA) is 184 Å². The summed E-state index contributed by atoms with van der Waals surface area (Å²) in [7, 11) is 4.55. The third-order valence-electron chi connectivity index (χ3n) is 8.42. The summed E-state index contributed by atoms with van der Waals surface area (Å²) in [5.74, 6) is -5.04. The number of carboxylic acid groups (broad SMARTS) is 3. The SMILES string of the molecule is COc1ccc(C[C@H]2COC(=O)[C@@H]2Cc2ccc(O[C@@H]3OC[C@H](CC(=O)O)[C@H](CC(=O)O)[C@@H]3CC(=O)O)c(OC)c2)cc1OC. The summed E-state index contributed by atoms with van der Waals surface area (Å²) in [6, 6.07) is 10.7. The van der Waals surface area contributed by atoms with Crippen LogP contribution in [0.5, 0.6) is 23.0 Å². The lowest BCUT2D eigenvalue weighted by Crippen LogP contribution is -2.47. The zero-order valence-electron chi connectivity index (χ0n) is 25.3. The maximum absolute atomic E-state index is 12.7. The number of cyclic esters (lactones) is 1. The number of carboxylic acids is 3. The van der Waals surface area contributed by atoms with E-state index in [9.17, 15) is 34.5 Å². The quantitative estimate of drug-likeness (QED) is 0.244. The van der Waals surface area contributed by atoms with E-state index in [2.05, 4.69) is 0 Å². The van der Waals surface area contributed by atoms with E-state index in [1.54, 1.807) is 32.4 Å². The Morgan fingerprint density at radius 1 is 0.711 bits per heavy atom. The van der Waals surface area contributed by atoms with Crippen molar-refractivity contribution in [3.63, 3.8) is 0 Å². The zero-order chi connectivity index (χ0) is 32.7. The van der Waals surface area contributed by atoms with Gasteiger partial charge in [-0.1, -0.05) is 12.1 Å². The molecule has 4 rings (SSSR count). The largest absolute Gasteiger partial charge is 0.493 e. The van der Waals surface area contributed by atoms with Crippen molar-refractivity contribution in [3.05, 3.63) is 47.5 Å². The Morgan fingerprint density at radius 2 is 1.27 bits per heavy atom. The summed E-state index contributed by atoms with van der Waals surface area (Å²) in [4.78, 5) is 47.5. The molecule has 2 saturated heterocycles. The van der Waals surface area contributed by atoms with Crippen LogP contribution in [0.4, 0.5) is 0 Å². The highest BCUT2D eigenvalue weighted by molar-refractivity contribution is 5.75. The summed E-state index contributed by atoms with van der Waals surface area (Å²) in [6.07, 6.45) is -1.49. The van der Waals surface area contributed by atoms with Crippen molar-refractivity contribution in [2.75, 3.05) is 34.5 Å². The Morgan fingerprint density at radius 3 is 1.87 bits per heavy atom. The maximum atomic E-state index is 12.7. The van der Waals surface area contributed by atoms with E-state index >= 15 is 0 Å². The summed E-state index contributed by atoms with van der Waals surface area (Å²) in [6.45, 7) is 0.164. The molecule has 2 aromatic carbocycles. The third-order valence-corrected chi connectivity index (χ3v) is 8.42. The standard InChI is InChI=1S/C32H38O13/c1-40-24-6-4-17(10-26(24)41-2)8-19-15-43-31(39)22(19)9-18-5-7-25(27(11-18)42-3)45-32-23(14-30(37)38)21(13-29(35)36)20(16-44-32)12-28(33)34/h4-7,10-11,19-23,32H,8-9,12-16H2,1-3H3,(H,33,34)(H,35,36)(H,37,38)/t19-,20-,21-,22+,23-,32-/m0/s1. The molecule has 0 unspecified atom stereocenters. The molecule has 0 aromatic heterocycles. The van der Waals surface area contributed by atoms with Crippen LogP contribution >= 0.6 is 0 Å². The smallest absolute Gasteiger partial charge is 0.309 e. The van der Waals surface area contributed by atoms with Gasteiger partial charge in [-0.3, -0.25) is 19.2 Å². The van der Waals surface area contributed by atoms with Gasteiger partial charge in [0, 0.05) is 18.3 Å². The number of esters is 1. The van der Waals surface area contributed by atoms with Gasteiger partial charge in [0.1, 0.15) is 0 Å².